The van der Waals surface area contributed by atoms with E-state index in [4.69, 9.17) is 4.74 Å². The molecule has 3 heteroatoms. The SMILES string of the molecule is COc1ccc(CN2C3C=C(C)C(=O)C2c2ccccc23)cc1. The number of methoxy groups -OCH3 is 1. The molecule has 2 aliphatic heterocycles. The number of nitrogens with zero attached hydrogens (tertiary/aromatic N) is 1. The predicted molar refractivity (Wildman–Crippen MR) is 89.2 cm³/mol. The highest BCUT2D eigenvalue weighted by molar-refractivity contribution is 6.02. The first-order chi connectivity index (χ1) is 11.2. The topological polar surface area (TPSA) is 29.5 Å². The molecule has 2 unspecified atom stereocenters. The van der Waals surface area contributed by atoms with Crippen molar-refractivity contribution in [2.24, 2.45) is 0 Å². The Labute approximate surface area is 136 Å². The predicted octanol–water partition coefficient (Wildman–Crippen LogP) is 3.82. The monoisotopic (exact) mass is 305 g/mol. The molecule has 0 saturated carbocycles. The minimum atomic E-state index is -0.150. The summed E-state index contributed by atoms with van der Waals surface area (Å²) in [5.41, 5.74) is 4.48. The first-order valence-corrected chi connectivity index (χ1v) is 7.89. The van der Waals surface area contributed by atoms with Crippen LogP contribution < -0.4 is 4.74 Å². The van der Waals surface area contributed by atoms with Crippen molar-refractivity contribution >= 4 is 5.78 Å². The Morgan fingerprint density at radius 3 is 2.43 bits per heavy atom. The summed E-state index contributed by atoms with van der Waals surface area (Å²) in [5, 5.41) is 0. The molecule has 116 valence electrons. The number of ether oxygens (including phenoxy) is 1. The van der Waals surface area contributed by atoms with Crippen LogP contribution in [0, 0.1) is 0 Å². The van der Waals surface area contributed by atoms with Crippen molar-refractivity contribution < 1.29 is 9.53 Å². The fourth-order valence-electron chi connectivity index (χ4n) is 3.69. The molecule has 2 bridgehead atoms. The highest BCUT2D eigenvalue weighted by Gasteiger charge is 2.44. The lowest BCUT2D eigenvalue weighted by atomic mass is 9.97. The van der Waals surface area contributed by atoms with E-state index in [0.29, 0.717) is 0 Å². The second kappa shape index (κ2) is 5.36. The van der Waals surface area contributed by atoms with Crippen molar-refractivity contribution in [1.29, 1.82) is 0 Å². The second-order valence-electron chi connectivity index (χ2n) is 6.21. The van der Waals surface area contributed by atoms with Crippen molar-refractivity contribution in [3.63, 3.8) is 0 Å². The van der Waals surface area contributed by atoms with Crippen molar-refractivity contribution in [3.05, 3.63) is 76.9 Å². The van der Waals surface area contributed by atoms with E-state index in [9.17, 15) is 4.79 Å². The minimum Gasteiger partial charge on any atom is -0.497 e. The van der Waals surface area contributed by atoms with Gasteiger partial charge >= 0.3 is 0 Å². The largest absolute Gasteiger partial charge is 0.497 e. The molecule has 3 nitrogen and oxygen atoms in total. The molecule has 4 rings (SSSR count). The van der Waals surface area contributed by atoms with Crippen molar-refractivity contribution in [3.8, 4) is 5.75 Å². The van der Waals surface area contributed by atoms with Gasteiger partial charge in [0, 0.05) is 6.54 Å². The summed E-state index contributed by atoms with van der Waals surface area (Å²) in [7, 11) is 1.67. The fraction of sp³-hybridized carbons (Fsp3) is 0.250. The zero-order valence-corrected chi connectivity index (χ0v) is 13.3. The maximum Gasteiger partial charge on any atom is 0.179 e. The van der Waals surface area contributed by atoms with Gasteiger partial charge in [0.2, 0.25) is 0 Å². The highest BCUT2D eigenvalue weighted by Crippen LogP contribution is 2.48. The number of fused-ring (bicyclic) bond motifs is 5. The first kappa shape index (κ1) is 14.2. The van der Waals surface area contributed by atoms with Crippen LogP contribution in [0.4, 0.5) is 0 Å². The molecule has 0 radical (unpaired) electrons. The lowest BCUT2D eigenvalue weighted by molar-refractivity contribution is -0.122. The quantitative estimate of drug-likeness (QED) is 0.863. The highest BCUT2D eigenvalue weighted by atomic mass is 16.5. The maximum atomic E-state index is 12.7. The van der Waals surface area contributed by atoms with Crippen LogP contribution in [0.15, 0.2) is 60.2 Å². The van der Waals surface area contributed by atoms with Crippen LogP contribution in [0.1, 0.15) is 35.7 Å². The lowest BCUT2D eigenvalue weighted by Gasteiger charge is -2.32. The van der Waals surface area contributed by atoms with E-state index < -0.39 is 0 Å². The Balaban J connectivity index is 1.71. The first-order valence-electron chi connectivity index (χ1n) is 7.89. The fourth-order valence-corrected chi connectivity index (χ4v) is 3.69. The van der Waals surface area contributed by atoms with Gasteiger partial charge in [0.05, 0.1) is 19.2 Å². The molecule has 2 atom stereocenters. The van der Waals surface area contributed by atoms with Gasteiger partial charge < -0.3 is 4.74 Å². The van der Waals surface area contributed by atoms with E-state index in [1.54, 1.807) is 7.11 Å². The molecule has 0 spiro atoms. The van der Waals surface area contributed by atoms with Crippen LogP contribution in [0.2, 0.25) is 0 Å². The standard InChI is InChI=1S/C20H19NO2/c1-13-11-18-16-5-3-4-6-17(16)19(20(13)22)21(18)12-14-7-9-15(23-2)10-8-14/h3-11,18-19H,12H2,1-2H3. The molecule has 0 saturated heterocycles. The van der Waals surface area contributed by atoms with Gasteiger partial charge in [-0.25, -0.2) is 0 Å². The molecule has 0 N–H and O–H groups in total. The van der Waals surface area contributed by atoms with Gasteiger partial charge in [-0.2, -0.15) is 0 Å². The number of rotatable bonds is 3. The molecule has 0 aromatic heterocycles. The summed E-state index contributed by atoms with van der Waals surface area (Å²) >= 11 is 0. The maximum absolute atomic E-state index is 12.7. The van der Waals surface area contributed by atoms with Crippen molar-refractivity contribution in [2.75, 3.05) is 7.11 Å². The Kier molecular flexibility index (Phi) is 3.31. The molecule has 0 aliphatic carbocycles. The van der Waals surface area contributed by atoms with Crippen LogP contribution in [0.25, 0.3) is 0 Å². The molecule has 0 fully saturated rings. The average molecular weight is 305 g/mol. The van der Waals surface area contributed by atoms with E-state index >= 15 is 0 Å². The van der Waals surface area contributed by atoms with Crippen molar-refractivity contribution in [1.82, 2.24) is 4.90 Å². The summed E-state index contributed by atoms with van der Waals surface area (Å²) in [6.45, 7) is 2.68. The zero-order valence-electron chi connectivity index (χ0n) is 13.3. The van der Waals surface area contributed by atoms with E-state index in [-0.39, 0.29) is 17.9 Å². The van der Waals surface area contributed by atoms with E-state index in [1.165, 1.54) is 11.1 Å². The number of carbonyl (C=O) groups excluding carboxylic acids is 1. The van der Waals surface area contributed by atoms with Gasteiger partial charge in [-0.3, -0.25) is 9.69 Å². The smallest absolute Gasteiger partial charge is 0.179 e. The number of carbonyl (C=O) groups is 1. The Bertz CT molecular complexity index is 792. The number of Topliss-reactive ketones (excluding diaryl/α,β-unsaturated/α-hetero) is 1. The van der Waals surface area contributed by atoms with Gasteiger partial charge in [0.1, 0.15) is 5.75 Å². The Morgan fingerprint density at radius 1 is 1.04 bits per heavy atom. The van der Waals surface area contributed by atoms with E-state index in [0.717, 1.165) is 23.4 Å². The summed E-state index contributed by atoms with van der Waals surface area (Å²) in [6.07, 6.45) is 2.11. The van der Waals surface area contributed by atoms with Crippen LogP contribution in [0.5, 0.6) is 5.75 Å². The summed E-state index contributed by atoms with van der Waals surface area (Å²) in [4.78, 5) is 15.0. The average Bonchev–Trinajstić information content (AvgIpc) is 2.82. The van der Waals surface area contributed by atoms with Gasteiger partial charge in [-0.1, -0.05) is 42.5 Å². The number of hydrogen-bond acceptors (Lipinski definition) is 3. The molecule has 0 amide bonds. The van der Waals surface area contributed by atoms with Gasteiger partial charge in [-0.15, -0.1) is 0 Å². The number of ketones is 1. The molecular weight excluding hydrogens is 286 g/mol. The summed E-state index contributed by atoms with van der Waals surface area (Å²) in [5.74, 6) is 1.07. The molecule has 2 aromatic carbocycles. The van der Waals surface area contributed by atoms with Gasteiger partial charge in [0.25, 0.3) is 0 Å². The van der Waals surface area contributed by atoms with Gasteiger partial charge in [0.15, 0.2) is 5.78 Å². The van der Waals surface area contributed by atoms with E-state index in [1.807, 2.05) is 25.1 Å². The third kappa shape index (κ3) is 2.20. The van der Waals surface area contributed by atoms with Crippen molar-refractivity contribution in [2.45, 2.75) is 25.6 Å². The summed E-state index contributed by atoms with van der Waals surface area (Å²) in [6, 6.07) is 16.4. The summed E-state index contributed by atoms with van der Waals surface area (Å²) < 4.78 is 5.22. The molecule has 2 aromatic rings. The van der Waals surface area contributed by atoms with Gasteiger partial charge in [-0.05, 0) is 41.3 Å². The van der Waals surface area contributed by atoms with Crippen LogP contribution >= 0.6 is 0 Å². The van der Waals surface area contributed by atoms with E-state index in [2.05, 4.69) is 41.3 Å². The molecule has 2 heterocycles. The number of benzene rings is 2. The van der Waals surface area contributed by atoms with Crippen LogP contribution in [0.3, 0.4) is 0 Å². The third-order valence-corrected chi connectivity index (χ3v) is 4.87. The van der Waals surface area contributed by atoms with Crippen LogP contribution in [-0.4, -0.2) is 17.8 Å². The second-order valence-corrected chi connectivity index (χ2v) is 6.21. The molecule has 2 aliphatic rings. The minimum absolute atomic E-state index is 0.150. The number of hydrogen-bond donors (Lipinski definition) is 0. The zero-order chi connectivity index (χ0) is 16.0. The molecule has 23 heavy (non-hydrogen) atoms. The Morgan fingerprint density at radius 2 is 1.74 bits per heavy atom. The molecular formula is C20H19NO2. The Hall–Kier alpha value is -2.39. The normalized spacial score (nSPS) is 22.7. The lowest BCUT2D eigenvalue weighted by Crippen LogP contribution is -2.34. The van der Waals surface area contributed by atoms with Crippen LogP contribution in [-0.2, 0) is 11.3 Å². The third-order valence-electron chi connectivity index (χ3n) is 4.87.